The first-order valence-corrected chi connectivity index (χ1v) is 11.9. The van der Waals surface area contributed by atoms with Gasteiger partial charge in [0.2, 0.25) is 0 Å². The van der Waals surface area contributed by atoms with Gasteiger partial charge in [-0.15, -0.1) is 0 Å². The number of carboxylic acid groups (broad SMARTS) is 1. The fraction of sp³-hybridized carbons (Fsp3) is 0.207. The Labute approximate surface area is 203 Å². The molecule has 0 fully saturated rings. The molecule has 2 aromatic carbocycles. The van der Waals surface area contributed by atoms with Crippen LogP contribution in [0.2, 0.25) is 0 Å². The van der Waals surface area contributed by atoms with Crippen LogP contribution in [0.3, 0.4) is 0 Å². The van der Waals surface area contributed by atoms with Crippen molar-refractivity contribution in [1.29, 1.82) is 0 Å². The quantitative estimate of drug-likeness (QED) is 0.357. The summed E-state index contributed by atoms with van der Waals surface area (Å²) >= 11 is 0. The fourth-order valence-corrected chi connectivity index (χ4v) is 5.47. The van der Waals surface area contributed by atoms with Gasteiger partial charge in [0.25, 0.3) is 0 Å². The number of aromatic nitrogens is 3. The molecule has 0 unspecified atom stereocenters. The van der Waals surface area contributed by atoms with Crippen molar-refractivity contribution in [2.24, 2.45) is 0 Å². The van der Waals surface area contributed by atoms with Crippen molar-refractivity contribution in [3.05, 3.63) is 83.2 Å². The lowest BCUT2D eigenvalue weighted by atomic mass is 9.88. The minimum absolute atomic E-state index is 0.0366. The number of pyridine rings is 2. The Bertz CT molecular complexity index is 1630. The molecular formula is C29H26N4O2. The maximum Gasteiger partial charge on any atom is 0.307 e. The molecule has 0 spiro atoms. The average molecular weight is 463 g/mol. The predicted octanol–water partition coefficient (Wildman–Crippen LogP) is 5.96. The number of hydrogen-bond donors (Lipinski definition) is 1. The van der Waals surface area contributed by atoms with Crippen LogP contribution in [-0.2, 0) is 17.8 Å². The molecule has 0 atom stereocenters. The van der Waals surface area contributed by atoms with Gasteiger partial charge in [-0.3, -0.25) is 9.78 Å². The number of aryl methyl sites for hydroxylation is 2. The van der Waals surface area contributed by atoms with Gasteiger partial charge in [0.1, 0.15) is 5.82 Å². The van der Waals surface area contributed by atoms with E-state index in [1.807, 2.05) is 24.3 Å². The number of fused-ring (bicyclic) bond motifs is 1. The van der Waals surface area contributed by atoms with E-state index in [0.717, 1.165) is 68.8 Å². The minimum atomic E-state index is -0.832. The summed E-state index contributed by atoms with van der Waals surface area (Å²) in [6.45, 7) is 7.84. The third-order valence-corrected chi connectivity index (χ3v) is 7.11. The molecule has 4 heterocycles. The summed E-state index contributed by atoms with van der Waals surface area (Å²) < 4.78 is 2.36. The molecule has 6 rings (SSSR count). The van der Waals surface area contributed by atoms with Gasteiger partial charge >= 0.3 is 5.97 Å². The average Bonchev–Trinajstić information content (AvgIpc) is 3.19. The van der Waals surface area contributed by atoms with E-state index in [9.17, 15) is 9.90 Å². The maximum absolute atomic E-state index is 12.0. The highest BCUT2D eigenvalue weighted by atomic mass is 16.4. The van der Waals surface area contributed by atoms with E-state index < -0.39 is 5.97 Å². The van der Waals surface area contributed by atoms with Crippen LogP contribution in [0.1, 0.15) is 22.4 Å². The van der Waals surface area contributed by atoms with Gasteiger partial charge in [-0.2, -0.15) is 0 Å². The van der Waals surface area contributed by atoms with Gasteiger partial charge in [-0.05, 0) is 73.4 Å². The van der Waals surface area contributed by atoms with Crippen LogP contribution < -0.4 is 4.90 Å². The van der Waals surface area contributed by atoms with E-state index >= 15 is 0 Å². The standard InChI is InChI=1S/C29H26N4O2/c1-17-6-8-20(9-7-17)27-21(16-26(34)35)19(3)28-29-22(27)15-18(2)32(29)13-14-33(28)25-11-10-23-24(31-25)5-4-12-30-23/h4-12,15H,13-14,16H2,1-3H3,(H,34,35). The molecule has 0 aliphatic carbocycles. The molecule has 6 nitrogen and oxygen atoms in total. The molecule has 0 amide bonds. The number of hydrogen-bond acceptors (Lipinski definition) is 4. The van der Waals surface area contributed by atoms with Crippen molar-refractivity contribution in [3.8, 4) is 11.1 Å². The Kier molecular flexibility index (Phi) is 4.85. The number of carbonyl (C=O) groups is 1. The van der Waals surface area contributed by atoms with Crippen LogP contribution in [0.5, 0.6) is 0 Å². The Morgan fingerprint density at radius 2 is 1.80 bits per heavy atom. The number of rotatable bonds is 4. The second-order valence-corrected chi connectivity index (χ2v) is 9.33. The summed E-state index contributed by atoms with van der Waals surface area (Å²) in [6, 6.07) is 18.5. The maximum atomic E-state index is 12.0. The molecule has 5 aromatic rings. The Hall–Kier alpha value is -4.19. The molecule has 0 bridgehead atoms. The third-order valence-electron chi connectivity index (χ3n) is 7.11. The van der Waals surface area contributed by atoms with Gasteiger partial charge in [-0.25, -0.2) is 4.98 Å². The smallest absolute Gasteiger partial charge is 0.307 e. The molecule has 35 heavy (non-hydrogen) atoms. The summed E-state index contributed by atoms with van der Waals surface area (Å²) in [5.41, 5.74) is 10.2. The molecular weight excluding hydrogens is 436 g/mol. The molecule has 0 radical (unpaired) electrons. The van der Waals surface area contributed by atoms with Crippen molar-refractivity contribution in [2.75, 3.05) is 11.4 Å². The van der Waals surface area contributed by atoms with Crippen molar-refractivity contribution in [2.45, 2.75) is 33.7 Å². The SMILES string of the molecule is Cc1ccc(-c2c(CC(=O)O)c(C)c3c4c2cc(C)n4CCN3c2ccc3ncccc3n2)cc1. The van der Waals surface area contributed by atoms with E-state index in [1.165, 1.54) is 11.3 Å². The number of nitrogens with zero attached hydrogens (tertiary/aromatic N) is 4. The molecule has 0 saturated heterocycles. The lowest BCUT2D eigenvalue weighted by Crippen LogP contribution is -2.29. The monoisotopic (exact) mass is 462 g/mol. The molecule has 1 N–H and O–H groups in total. The van der Waals surface area contributed by atoms with Crippen LogP contribution in [0, 0.1) is 20.8 Å². The van der Waals surface area contributed by atoms with Gasteiger partial charge in [0.15, 0.2) is 0 Å². The number of benzene rings is 2. The Morgan fingerprint density at radius 1 is 1.00 bits per heavy atom. The van der Waals surface area contributed by atoms with Gasteiger partial charge in [0, 0.05) is 30.4 Å². The van der Waals surface area contributed by atoms with Crippen molar-refractivity contribution in [1.82, 2.24) is 14.5 Å². The number of aliphatic carboxylic acids is 1. The molecule has 0 saturated carbocycles. The lowest BCUT2D eigenvalue weighted by Gasteiger charge is -2.33. The fourth-order valence-electron chi connectivity index (χ4n) is 5.47. The topological polar surface area (TPSA) is 71.2 Å². The zero-order valence-electron chi connectivity index (χ0n) is 20.0. The molecule has 6 heteroatoms. The van der Waals surface area contributed by atoms with Crippen molar-refractivity contribution >= 4 is 39.4 Å². The second-order valence-electron chi connectivity index (χ2n) is 9.33. The summed E-state index contributed by atoms with van der Waals surface area (Å²) in [4.78, 5) is 23.6. The predicted molar refractivity (Wildman–Crippen MR) is 139 cm³/mol. The summed E-state index contributed by atoms with van der Waals surface area (Å²) in [6.07, 6.45) is 1.74. The van der Waals surface area contributed by atoms with E-state index in [2.05, 4.69) is 65.6 Å². The summed E-state index contributed by atoms with van der Waals surface area (Å²) in [7, 11) is 0. The van der Waals surface area contributed by atoms with E-state index in [4.69, 9.17) is 4.98 Å². The van der Waals surface area contributed by atoms with Crippen molar-refractivity contribution < 1.29 is 9.90 Å². The third kappa shape index (κ3) is 3.36. The van der Waals surface area contributed by atoms with Crippen LogP contribution in [0.25, 0.3) is 33.1 Å². The zero-order valence-corrected chi connectivity index (χ0v) is 20.0. The number of anilines is 2. The number of carboxylic acids is 1. The van der Waals surface area contributed by atoms with Crippen molar-refractivity contribution in [3.63, 3.8) is 0 Å². The highest BCUT2D eigenvalue weighted by Crippen LogP contribution is 2.46. The first-order chi connectivity index (χ1) is 16.9. The largest absolute Gasteiger partial charge is 0.481 e. The lowest BCUT2D eigenvalue weighted by molar-refractivity contribution is -0.136. The molecule has 1 aliphatic heterocycles. The van der Waals surface area contributed by atoms with Crippen LogP contribution >= 0.6 is 0 Å². The van der Waals surface area contributed by atoms with Crippen LogP contribution in [0.15, 0.2) is 60.8 Å². The molecule has 3 aromatic heterocycles. The van der Waals surface area contributed by atoms with E-state index in [-0.39, 0.29) is 6.42 Å². The van der Waals surface area contributed by atoms with Gasteiger partial charge in [0.05, 0.1) is 28.7 Å². The van der Waals surface area contributed by atoms with Gasteiger partial charge < -0.3 is 14.6 Å². The molecule has 1 aliphatic rings. The summed E-state index contributed by atoms with van der Waals surface area (Å²) in [5, 5.41) is 11.0. The summed E-state index contributed by atoms with van der Waals surface area (Å²) in [5.74, 6) is 0.0193. The minimum Gasteiger partial charge on any atom is -0.481 e. The zero-order chi connectivity index (χ0) is 24.3. The Balaban J connectivity index is 1.67. The highest BCUT2D eigenvalue weighted by Gasteiger charge is 2.30. The molecule has 174 valence electrons. The van der Waals surface area contributed by atoms with Gasteiger partial charge in [-0.1, -0.05) is 29.8 Å². The highest BCUT2D eigenvalue weighted by molar-refractivity contribution is 6.08. The first-order valence-electron chi connectivity index (χ1n) is 11.9. The van der Waals surface area contributed by atoms with Crippen LogP contribution in [0.4, 0.5) is 11.5 Å². The Morgan fingerprint density at radius 3 is 2.57 bits per heavy atom. The normalized spacial score (nSPS) is 13.1. The van der Waals surface area contributed by atoms with E-state index in [0.29, 0.717) is 0 Å². The first kappa shape index (κ1) is 21.4. The van der Waals surface area contributed by atoms with E-state index in [1.54, 1.807) is 6.20 Å². The second kappa shape index (κ2) is 7.94. The van der Waals surface area contributed by atoms with Crippen LogP contribution in [-0.4, -0.2) is 32.2 Å².